The van der Waals surface area contributed by atoms with Crippen molar-refractivity contribution in [3.63, 3.8) is 0 Å². The van der Waals surface area contributed by atoms with E-state index in [0.717, 1.165) is 25.2 Å². The number of aryl methyl sites for hydroxylation is 1. The van der Waals surface area contributed by atoms with Gasteiger partial charge in [0, 0.05) is 6.42 Å². The van der Waals surface area contributed by atoms with Crippen LogP contribution in [0.2, 0.25) is 0 Å². The van der Waals surface area contributed by atoms with Gasteiger partial charge in [0.25, 0.3) is 0 Å². The SMILES string of the molecule is Cc1ccc(O[C@@H]2CCCCO2)cc1. The van der Waals surface area contributed by atoms with E-state index in [-0.39, 0.29) is 6.29 Å². The van der Waals surface area contributed by atoms with Crippen molar-refractivity contribution in [2.45, 2.75) is 32.5 Å². The van der Waals surface area contributed by atoms with Crippen LogP contribution in [-0.4, -0.2) is 12.9 Å². The first-order chi connectivity index (χ1) is 6.84. The van der Waals surface area contributed by atoms with Gasteiger partial charge in [-0.2, -0.15) is 0 Å². The summed E-state index contributed by atoms with van der Waals surface area (Å²) >= 11 is 0. The number of hydrogen-bond acceptors (Lipinski definition) is 2. The molecule has 1 atom stereocenters. The van der Waals surface area contributed by atoms with E-state index >= 15 is 0 Å². The van der Waals surface area contributed by atoms with Gasteiger partial charge in [-0.15, -0.1) is 0 Å². The minimum absolute atomic E-state index is 0.0357. The van der Waals surface area contributed by atoms with Crippen LogP contribution in [0.3, 0.4) is 0 Å². The lowest BCUT2D eigenvalue weighted by Crippen LogP contribution is -2.24. The quantitative estimate of drug-likeness (QED) is 0.717. The Bertz CT molecular complexity index is 273. The van der Waals surface area contributed by atoms with E-state index in [4.69, 9.17) is 9.47 Å². The molecule has 0 aliphatic carbocycles. The zero-order valence-electron chi connectivity index (χ0n) is 8.53. The van der Waals surface area contributed by atoms with E-state index in [9.17, 15) is 0 Å². The lowest BCUT2D eigenvalue weighted by atomic mass is 10.2. The Labute approximate surface area is 84.8 Å². The molecule has 0 spiro atoms. The molecule has 0 bridgehead atoms. The predicted octanol–water partition coefficient (Wildman–Crippen LogP) is 2.90. The van der Waals surface area contributed by atoms with Gasteiger partial charge in [0.15, 0.2) is 6.29 Å². The normalized spacial score (nSPS) is 21.9. The zero-order valence-corrected chi connectivity index (χ0v) is 8.53. The molecule has 2 rings (SSSR count). The van der Waals surface area contributed by atoms with E-state index in [1.165, 1.54) is 12.0 Å². The minimum Gasteiger partial charge on any atom is -0.465 e. The molecule has 1 saturated heterocycles. The predicted molar refractivity (Wildman–Crippen MR) is 55.4 cm³/mol. The summed E-state index contributed by atoms with van der Waals surface area (Å²) in [7, 11) is 0. The number of benzene rings is 1. The average Bonchev–Trinajstić information content (AvgIpc) is 2.23. The molecular formula is C12H16O2. The van der Waals surface area contributed by atoms with Gasteiger partial charge < -0.3 is 9.47 Å². The van der Waals surface area contributed by atoms with Crippen molar-refractivity contribution < 1.29 is 9.47 Å². The standard InChI is InChI=1S/C12H16O2/c1-10-5-7-11(8-6-10)14-12-4-2-3-9-13-12/h5-8,12H,2-4,9H2,1H3/t12-/m1/s1. The van der Waals surface area contributed by atoms with Crippen molar-refractivity contribution >= 4 is 0 Å². The Morgan fingerprint density at radius 1 is 1.21 bits per heavy atom. The molecule has 2 heteroatoms. The highest BCUT2D eigenvalue weighted by molar-refractivity contribution is 5.26. The van der Waals surface area contributed by atoms with E-state index in [2.05, 4.69) is 19.1 Å². The van der Waals surface area contributed by atoms with Gasteiger partial charge in [-0.05, 0) is 31.9 Å². The molecule has 1 aliphatic heterocycles. The molecule has 1 fully saturated rings. The van der Waals surface area contributed by atoms with Crippen LogP contribution in [0.5, 0.6) is 5.75 Å². The van der Waals surface area contributed by atoms with Crippen LogP contribution in [0.4, 0.5) is 0 Å². The summed E-state index contributed by atoms with van der Waals surface area (Å²) in [5.41, 5.74) is 1.25. The van der Waals surface area contributed by atoms with Gasteiger partial charge in [0.1, 0.15) is 5.75 Å². The molecule has 1 aromatic carbocycles. The molecule has 76 valence electrons. The van der Waals surface area contributed by atoms with Gasteiger partial charge in [0.2, 0.25) is 0 Å². The Morgan fingerprint density at radius 3 is 2.64 bits per heavy atom. The molecule has 1 aromatic rings. The smallest absolute Gasteiger partial charge is 0.199 e. The van der Waals surface area contributed by atoms with E-state index in [1.54, 1.807) is 0 Å². The average molecular weight is 192 g/mol. The van der Waals surface area contributed by atoms with Crippen LogP contribution in [0, 0.1) is 6.92 Å². The maximum atomic E-state index is 5.69. The monoisotopic (exact) mass is 192 g/mol. The first kappa shape index (κ1) is 9.53. The fourth-order valence-corrected chi connectivity index (χ4v) is 1.57. The Morgan fingerprint density at radius 2 is 2.00 bits per heavy atom. The number of rotatable bonds is 2. The lowest BCUT2D eigenvalue weighted by Gasteiger charge is -2.23. The van der Waals surface area contributed by atoms with Crippen LogP contribution in [0.15, 0.2) is 24.3 Å². The highest BCUT2D eigenvalue weighted by Gasteiger charge is 2.14. The van der Waals surface area contributed by atoms with Crippen LogP contribution < -0.4 is 4.74 Å². The molecule has 0 N–H and O–H groups in total. The summed E-state index contributed by atoms with van der Waals surface area (Å²) < 4.78 is 11.2. The largest absolute Gasteiger partial charge is 0.465 e. The lowest BCUT2D eigenvalue weighted by molar-refractivity contribution is -0.105. The zero-order chi connectivity index (χ0) is 9.80. The molecule has 0 aromatic heterocycles. The first-order valence-corrected chi connectivity index (χ1v) is 5.19. The van der Waals surface area contributed by atoms with Crippen LogP contribution in [-0.2, 0) is 4.74 Å². The maximum Gasteiger partial charge on any atom is 0.199 e. The van der Waals surface area contributed by atoms with Crippen LogP contribution >= 0.6 is 0 Å². The molecular weight excluding hydrogens is 176 g/mol. The second kappa shape index (κ2) is 4.47. The molecule has 0 unspecified atom stereocenters. The van der Waals surface area contributed by atoms with Gasteiger partial charge in [-0.3, -0.25) is 0 Å². The summed E-state index contributed by atoms with van der Waals surface area (Å²) in [5, 5.41) is 0. The Balaban J connectivity index is 1.92. The molecule has 0 radical (unpaired) electrons. The first-order valence-electron chi connectivity index (χ1n) is 5.19. The summed E-state index contributed by atoms with van der Waals surface area (Å²) in [6.07, 6.45) is 3.34. The van der Waals surface area contributed by atoms with Gasteiger partial charge in [0.05, 0.1) is 6.61 Å². The molecule has 0 saturated carbocycles. The topological polar surface area (TPSA) is 18.5 Å². The van der Waals surface area contributed by atoms with Crippen molar-refractivity contribution in [1.29, 1.82) is 0 Å². The third-order valence-corrected chi connectivity index (χ3v) is 2.43. The van der Waals surface area contributed by atoms with Crippen LogP contribution in [0.1, 0.15) is 24.8 Å². The van der Waals surface area contributed by atoms with E-state index in [1.807, 2.05) is 12.1 Å². The van der Waals surface area contributed by atoms with Crippen LogP contribution in [0.25, 0.3) is 0 Å². The molecule has 2 nitrogen and oxygen atoms in total. The molecule has 1 heterocycles. The molecule has 1 aliphatic rings. The van der Waals surface area contributed by atoms with E-state index in [0.29, 0.717) is 0 Å². The molecule has 14 heavy (non-hydrogen) atoms. The summed E-state index contributed by atoms with van der Waals surface area (Å²) in [5.74, 6) is 0.905. The summed E-state index contributed by atoms with van der Waals surface area (Å²) in [4.78, 5) is 0. The fourth-order valence-electron chi connectivity index (χ4n) is 1.57. The maximum absolute atomic E-state index is 5.69. The highest BCUT2D eigenvalue weighted by atomic mass is 16.7. The van der Waals surface area contributed by atoms with Crippen molar-refractivity contribution in [3.05, 3.63) is 29.8 Å². The van der Waals surface area contributed by atoms with Gasteiger partial charge >= 0.3 is 0 Å². The number of hydrogen-bond donors (Lipinski definition) is 0. The third kappa shape index (κ3) is 2.48. The summed E-state index contributed by atoms with van der Waals surface area (Å²) in [6, 6.07) is 8.09. The third-order valence-electron chi connectivity index (χ3n) is 2.43. The van der Waals surface area contributed by atoms with E-state index < -0.39 is 0 Å². The Hall–Kier alpha value is -1.02. The van der Waals surface area contributed by atoms with Crippen molar-refractivity contribution in [3.8, 4) is 5.75 Å². The van der Waals surface area contributed by atoms with Crippen molar-refractivity contribution in [2.24, 2.45) is 0 Å². The minimum atomic E-state index is -0.0357. The molecule has 0 amide bonds. The highest BCUT2D eigenvalue weighted by Crippen LogP contribution is 2.19. The second-order valence-corrected chi connectivity index (χ2v) is 3.73. The second-order valence-electron chi connectivity index (χ2n) is 3.73. The summed E-state index contributed by atoms with van der Waals surface area (Å²) in [6.45, 7) is 2.90. The fraction of sp³-hybridized carbons (Fsp3) is 0.500. The van der Waals surface area contributed by atoms with Gasteiger partial charge in [-0.1, -0.05) is 17.7 Å². The Kier molecular flexibility index (Phi) is 3.04. The van der Waals surface area contributed by atoms with Gasteiger partial charge in [-0.25, -0.2) is 0 Å². The van der Waals surface area contributed by atoms with Crippen molar-refractivity contribution in [1.82, 2.24) is 0 Å². The number of ether oxygens (including phenoxy) is 2. The van der Waals surface area contributed by atoms with Crippen molar-refractivity contribution in [2.75, 3.05) is 6.61 Å².